The Hall–Kier alpha value is -0.870. The zero-order valence-corrected chi connectivity index (χ0v) is 9.66. The van der Waals surface area contributed by atoms with Crippen LogP contribution in [0.5, 0.6) is 0 Å². The molecule has 0 bridgehead atoms. The summed E-state index contributed by atoms with van der Waals surface area (Å²) in [5.74, 6) is -0.0504. The van der Waals surface area contributed by atoms with Crippen LogP contribution in [0.4, 0.5) is 0 Å². The summed E-state index contributed by atoms with van der Waals surface area (Å²) in [4.78, 5) is 11.3. The van der Waals surface area contributed by atoms with Gasteiger partial charge in [-0.3, -0.25) is 0 Å². The summed E-state index contributed by atoms with van der Waals surface area (Å²) in [6.07, 6.45) is 2.58. The Bertz CT molecular complexity index is 271. The van der Waals surface area contributed by atoms with Crippen molar-refractivity contribution in [3.05, 3.63) is 16.9 Å². The summed E-state index contributed by atoms with van der Waals surface area (Å²) in [6, 6.07) is 0. The molecule has 1 fully saturated rings. The largest absolute Gasteiger partial charge is 0.633 e. The first-order valence-corrected chi connectivity index (χ1v) is 5.30. The van der Waals surface area contributed by atoms with Crippen molar-refractivity contribution in [2.24, 2.45) is 5.92 Å². The average molecular weight is 213 g/mol. The standard InChI is InChI=1S/C11H19NO3/c1-4-9(2)11(13)15-8-10-5-6-12(3,14)7-10/h4,10H,5-8H2,1-3H3/b9-4-/t10-,12?/m0/s1. The lowest BCUT2D eigenvalue weighted by Crippen LogP contribution is -2.34. The predicted molar refractivity (Wildman–Crippen MR) is 57.8 cm³/mol. The van der Waals surface area contributed by atoms with Gasteiger partial charge in [0.15, 0.2) is 0 Å². The van der Waals surface area contributed by atoms with Crippen LogP contribution in [0.2, 0.25) is 0 Å². The number of quaternary nitrogens is 1. The molecule has 1 saturated heterocycles. The SMILES string of the molecule is C/C=C(/C)C(=O)OC[C@H]1CC[N+](C)([O-])C1. The highest BCUT2D eigenvalue weighted by Crippen LogP contribution is 2.21. The van der Waals surface area contributed by atoms with Crippen molar-refractivity contribution in [3.63, 3.8) is 0 Å². The molecule has 0 saturated carbocycles. The van der Waals surface area contributed by atoms with Gasteiger partial charge in [0.05, 0.1) is 20.1 Å². The summed E-state index contributed by atoms with van der Waals surface area (Å²) in [7, 11) is 1.67. The molecule has 1 aliphatic rings. The van der Waals surface area contributed by atoms with Gasteiger partial charge in [0.2, 0.25) is 0 Å². The Morgan fingerprint density at radius 1 is 1.67 bits per heavy atom. The van der Waals surface area contributed by atoms with Gasteiger partial charge in [-0.05, 0) is 13.8 Å². The Kier molecular flexibility index (Phi) is 3.88. The second-order valence-corrected chi connectivity index (χ2v) is 4.43. The summed E-state index contributed by atoms with van der Waals surface area (Å²) >= 11 is 0. The van der Waals surface area contributed by atoms with Crippen molar-refractivity contribution in [1.29, 1.82) is 0 Å². The van der Waals surface area contributed by atoms with Crippen LogP contribution in [0.1, 0.15) is 20.3 Å². The van der Waals surface area contributed by atoms with E-state index in [4.69, 9.17) is 4.74 Å². The third-order valence-electron chi connectivity index (χ3n) is 2.86. The molecule has 4 heteroatoms. The molecule has 0 aromatic carbocycles. The van der Waals surface area contributed by atoms with E-state index in [1.54, 1.807) is 27.0 Å². The third-order valence-corrected chi connectivity index (χ3v) is 2.86. The van der Waals surface area contributed by atoms with Crippen molar-refractivity contribution in [3.8, 4) is 0 Å². The number of hydrogen-bond acceptors (Lipinski definition) is 3. The van der Waals surface area contributed by atoms with Crippen molar-refractivity contribution in [1.82, 2.24) is 0 Å². The molecule has 86 valence electrons. The van der Waals surface area contributed by atoms with Crippen LogP contribution >= 0.6 is 0 Å². The van der Waals surface area contributed by atoms with Crippen LogP contribution in [0.25, 0.3) is 0 Å². The van der Waals surface area contributed by atoms with Crippen LogP contribution < -0.4 is 0 Å². The summed E-state index contributed by atoms with van der Waals surface area (Å²) in [6.45, 7) is 5.09. The molecule has 4 nitrogen and oxygen atoms in total. The predicted octanol–water partition coefficient (Wildman–Crippen LogP) is 1.46. The number of rotatable bonds is 3. The number of hydroxylamine groups is 3. The van der Waals surface area contributed by atoms with E-state index in [9.17, 15) is 10.0 Å². The zero-order chi connectivity index (χ0) is 11.5. The molecular formula is C11H19NO3. The first-order valence-electron chi connectivity index (χ1n) is 5.30. The summed E-state index contributed by atoms with van der Waals surface area (Å²) in [5.41, 5.74) is 0.618. The maximum absolute atomic E-state index is 11.5. The van der Waals surface area contributed by atoms with Gasteiger partial charge in [0.25, 0.3) is 0 Å². The highest BCUT2D eigenvalue weighted by Gasteiger charge is 2.28. The van der Waals surface area contributed by atoms with E-state index in [1.165, 1.54) is 0 Å². The minimum atomic E-state index is -0.274. The number of esters is 1. The van der Waals surface area contributed by atoms with Gasteiger partial charge >= 0.3 is 5.97 Å². The normalized spacial score (nSPS) is 31.7. The van der Waals surface area contributed by atoms with E-state index in [1.807, 2.05) is 0 Å². The van der Waals surface area contributed by atoms with E-state index < -0.39 is 0 Å². The fourth-order valence-electron chi connectivity index (χ4n) is 1.75. The van der Waals surface area contributed by atoms with Crippen molar-refractivity contribution in [2.45, 2.75) is 20.3 Å². The number of carbonyl (C=O) groups is 1. The zero-order valence-electron chi connectivity index (χ0n) is 9.66. The third kappa shape index (κ3) is 3.64. The molecule has 1 aliphatic heterocycles. The molecular weight excluding hydrogens is 194 g/mol. The number of allylic oxidation sites excluding steroid dienone is 1. The first-order chi connectivity index (χ1) is 6.94. The van der Waals surface area contributed by atoms with E-state index in [2.05, 4.69) is 0 Å². The Morgan fingerprint density at radius 2 is 2.33 bits per heavy atom. The highest BCUT2D eigenvalue weighted by atomic mass is 16.5. The smallest absolute Gasteiger partial charge is 0.333 e. The van der Waals surface area contributed by atoms with Gasteiger partial charge in [-0.1, -0.05) is 6.08 Å². The lowest BCUT2D eigenvalue weighted by molar-refractivity contribution is -0.849. The molecule has 0 aromatic heterocycles. The van der Waals surface area contributed by atoms with Crippen LogP contribution in [-0.2, 0) is 9.53 Å². The molecule has 2 atom stereocenters. The van der Waals surface area contributed by atoms with Crippen LogP contribution in [-0.4, -0.2) is 37.4 Å². The lowest BCUT2D eigenvalue weighted by atomic mass is 10.1. The molecule has 0 aliphatic carbocycles. The Morgan fingerprint density at radius 3 is 2.80 bits per heavy atom. The highest BCUT2D eigenvalue weighted by molar-refractivity contribution is 5.87. The van der Waals surface area contributed by atoms with Crippen LogP contribution in [0, 0.1) is 11.1 Å². The molecule has 0 spiro atoms. The average Bonchev–Trinajstić information content (AvgIpc) is 2.53. The van der Waals surface area contributed by atoms with E-state index in [0.29, 0.717) is 25.3 Å². The fourth-order valence-corrected chi connectivity index (χ4v) is 1.75. The van der Waals surface area contributed by atoms with Crippen molar-refractivity contribution in [2.75, 3.05) is 26.7 Å². The molecule has 1 unspecified atom stereocenters. The molecule has 0 N–H and O–H groups in total. The van der Waals surface area contributed by atoms with Gasteiger partial charge in [0.1, 0.15) is 6.61 Å². The van der Waals surface area contributed by atoms with Gasteiger partial charge < -0.3 is 14.6 Å². The van der Waals surface area contributed by atoms with Crippen molar-refractivity contribution < 1.29 is 14.2 Å². The van der Waals surface area contributed by atoms with Gasteiger partial charge in [-0.15, -0.1) is 0 Å². The molecule has 0 amide bonds. The second kappa shape index (κ2) is 4.77. The van der Waals surface area contributed by atoms with E-state index >= 15 is 0 Å². The quantitative estimate of drug-likeness (QED) is 0.308. The van der Waals surface area contributed by atoms with Crippen molar-refractivity contribution >= 4 is 5.97 Å². The Labute approximate surface area is 90.7 Å². The van der Waals surface area contributed by atoms with Gasteiger partial charge in [0, 0.05) is 17.9 Å². The second-order valence-electron chi connectivity index (χ2n) is 4.43. The van der Waals surface area contributed by atoms with Crippen LogP contribution in [0.15, 0.2) is 11.6 Å². The summed E-state index contributed by atoms with van der Waals surface area (Å²) in [5, 5.41) is 11.5. The number of carbonyl (C=O) groups excluding carboxylic acids is 1. The molecule has 1 rings (SSSR count). The molecule has 1 heterocycles. The molecule has 0 radical (unpaired) electrons. The first kappa shape index (κ1) is 12.2. The maximum Gasteiger partial charge on any atom is 0.333 e. The minimum Gasteiger partial charge on any atom is -0.633 e. The van der Waals surface area contributed by atoms with Gasteiger partial charge in [-0.25, -0.2) is 4.79 Å². The van der Waals surface area contributed by atoms with E-state index in [0.717, 1.165) is 6.42 Å². The summed E-state index contributed by atoms with van der Waals surface area (Å²) < 4.78 is 4.91. The van der Waals surface area contributed by atoms with E-state index in [-0.39, 0.29) is 16.5 Å². The van der Waals surface area contributed by atoms with Gasteiger partial charge in [-0.2, -0.15) is 0 Å². The molecule has 0 aromatic rings. The monoisotopic (exact) mass is 213 g/mol. The van der Waals surface area contributed by atoms with Crippen LogP contribution in [0.3, 0.4) is 0 Å². The maximum atomic E-state index is 11.5. The minimum absolute atomic E-state index is 0.204. The topological polar surface area (TPSA) is 49.4 Å². The number of hydrogen-bond donors (Lipinski definition) is 0. The fraction of sp³-hybridized carbons (Fsp3) is 0.727. The number of nitrogens with zero attached hydrogens (tertiary/aromatic N) is 1. The lowest BCUT2D eigenvalue weighted by Gasteiger charge is -2.33. The number of ether oxygens (including phenoxy) is 1. The number of likely N-dealkylation sites (tertiary alicyclic amines) is 1. The molecule has 15 heavy (non-hydrogen) atoms. The Balaban J connectivity index is 2.30.